The summed E-state index contributed by atoms with van der Waals surface area (Å²) in [6.45, 7) is 8.16. The molecule has 46 valence electrons. The van der Waals surface area contributed by atoms with Gasteiger partial charge in [0.05, 0.1) is 0 Å². The fraction of sp³-hybridized carbons (Fsp3) is 0.800. The van der Waals surface area contributed by atoms with Crippen LogP contribution >= 0.6 is 0 Å². The maximum absolute atomic E-state index is 11.9. The Labute approximate surface area is 47.1 Å². The van der Waals surface area contributed by atoms with Gasteiger partial charge in [-0.15, -0.1) is 0 Å². The van der Waals surface area contributed by atoms with Crippen LogP contribution in [0.5, 0.6) is 0 Å². The lowest BCUT2D eigenvalue weighted by Crippen LogP contribution is -2.23. The molecule has 0 bridgehead atoms. The molecular weight excluding hydrogens is 112 g/mol. The second kappa shape index (κ2) is 2.08. The quantitative estimate of drug-likeness (QED) is 0.464. The molecule has 0 aliphatic heterocycles. The van der Waals surface area contributed by atoms with Crippen LogP contribution < -0.4 is 0 Å². The molecule has 1 nitrogen and oxygen atoms in total. The van der Waals surface area contributed by atoms with E-state index in [9.17, 15) is 8.78 Å². The molecule has 1 unspecified atom stereocenters. The molecule has 0 spiro atoms. The number of halogens is 2. The third-order valence-electron chi connectivity index (χ3n) is 0.927. The van der Waals surface area contributed by atoms with Gasteiger partial charge in [-0.05, 0) is 0 Å². The van der Waals surface area contributed by atoms with Crippen LogP contribution in [0.3, 0.4) is 0 Å². The summed E-state index contributed by atoms with van der Waals surface area (Å²) < 4.78 is 23.8. The predicted octanol–water partition coefficient (Wildman–Crippen LogP) is 1.95. The van der Waals surface area contributed by atoms with Gasteiger partial charge in [0.1, 0.15) is 0 Å². The Hall–Kier alpha value is -0.650. The van der Waals surface area contributed by atoms with Crippen molar-refractivity contribution in [3.8, 4) is 0 Å². The van der Waals surface area contributed by atoms with Gasteiger partial charge in [-0.1, -0.05) is 0 Å². The number of hydrogen-bond donors (Lipinski definition) is 0. The zero-order valence-corrected chi connectivity index (χ0v) is 4.78. The molecular formula is C5H7F2N. The largest absolute Gasteiger partial charge is 0.318 e. The molecule has 1 atom stereocenters. The Morgan fingerprint density at radius 3 is 2.00 bits per heavy atom. The average molecular weight is 119 g/mol. The fourth-order valence-corrected chi connectivity index (χ4v) is 0.113. The van der Waals surface area contributed by atoms with Crippen molar-refractivity contribution in [2.75, 3.05) is 0 Å². The highest BCUT2D eigenvalue weighted by Crippen LogP contribution is 2.18. The van der Waals surface area contributed by atoms with Crippen LogP contribution in [0.1, 0.15) is 13.8 Å². The summed E-state index contributed by atoms with van der Waals surface area (Å²) in [7, 11) is 0. The molecule has 0 heterocycles. The highest BCUT2D eigenvalue weighted by molar-refractivity contribution is 4.84. The summed E-state index contributed by atoms with van der Waals surface area (Å²) in [5.74, 6) is -2.85. The van der Waals surface area contributed by atoms with Crippen LogP contribution in [0.15, 0.2) is 0 Å². The normalized spacial score (nSPS) is 14.9. The summed E-state index contributed by atoms with van der Waals surface area (Å²) in [5.41, 5.74) is 0. The lowest BCUT2D eigenvalue weighted by atomic mass is 10.2. The predicted molar refractivity (Wildman–Crippen MR) is 26.7 cm³/mol. The van der Waals surface area contributed by atoms with E-state index in [0.29, 0.717) is 0 Å². The third kappa shape index (κ3) is 1.87. The molecule has 0 radical (unpaired) electrons. The van der Waals surface area contributed by atoms with Gasteiger partial charge in [0.15, 0.2) is 0 Å². The van der Waals surface area contributed by atoms with E-state index in [0.717, 1.165) is 6.92 Å². The third-order valence-corrected chi connectivity index (χ3v) is 0.927. The Kier molecular flexibility index (Phi) is 1.91. The Bertz CT molecular complexity index is 109. The first-order valence-corrected chi connectivity index (χ1v) is 2.23. The minimum atomic E-state index is -2.85. The van der Waals surface area contributed by atoms with E-state index in [1.54, 1.807) is 0 Å². The molecule has 0 aliphatic rings. The number of alkyl halides is 2. The van der Waals surface area contributed by atoms with E-state index >= 15 is 0 Å². The van der Waals surface area contributed by atoms with Crippen molar-refractivity contribution < 1.29 is 8.78 Å². The summed E-state index contributed by atoms with van der Waals surface area (Å²) in [6, 6.07) is -1.19. The van der Waals surface area contributed by atoms with Crippen molar-refractivity contribution in [1.29, 1.82) is 0 Å². The maximum atomic E-state index is 11.9. The van der Waals surface area contributed by atoms with Gasteiger partial charge >= 0.3 is 5.92 Å². The minimum absolute atomic E-state index is 0.746. The van der Waals surface area contributed by atoms with Crippen molar-refractivity contribution in [2.24, 2.45) is 0 Å². The van der Waals surface area contributed by atoms with Crippen LogP contribution in [0.25, 0.3) is 4.85 Å². The van der Waals surface area contributed by atoms with Crippen LogP contribution in [0.4, 0.5) is 8.78 Å². The summed E-state index contributed by atoms with van der Waals surface area (Å²) >= 11 is 0. The van der Waals surface area contributed by atoms with Gasteiger partial charge in [0.25, 0.3) is 6.04 Å². The fourth-order valence-electron chi connectivity index (χ4n) is 0.113. The monoisotopic (exact) mass is 119 g/mol. The number of rotatable bonds is 1. The smallest absolute Gasteiger partial charge is 0.307 e. The molecule has 0 aromatic rings. The maximum Gasteiger partial charge on any atom is 0.318 e. The standard InChI is InChI=1S/C5H7F2N/c1-4(8-3)5(2,6)7/h4H,1-2H3. The molecule has 0 aliphatic carbocycles. The van der Waals surface area contributed by atoms with Crippen molar-refractivity contribution in [3.63, 3.8) is 0 Å². The molecule has 8 heavy (non-hydrogen) atoms. The molecule has 0 amide bonds. The molecule has 0 saturated carbocycles. The zero-order valence-electron chi connectivity index (χ0n) is 4.78. The highest BCUT2D eigenvalue weighted by atomic mass is 19.3. The van der Waals surface area contributed by atoms with Crippen molar-refractivity contribution >= 4 is 0 Å². The van der Waals surface area contributed by atoms with Crippen molar-refractivity contribution in [1.82, 2.24) is 0 Å². The summed E-state index contributed by atoms with van der Waals surface area (Å²) in [6.07, 6.45) is 0. The van der Waals surface area contributed by atoms with Gasteiger partial charge in [0, 0.05) is 13.8 Å². The van der Waals surface area contributed by atoms with Gasteiger partial charge in [-0.2, -0.15) is 8.78 Å². The van der Waals surface area contributed by atoms with E-state index in [-0.39, 0.29) is 0 Å². The van der Waals surface area contributed by atoms with E-state index < -0.39 is 12.0 Å². The average Bonchev–Trinajstić information content (AvgIpc) is 1.62. The van der Waals surface area contributed by atoms with Gasteiger partial charge in [0.2, 0.25) is 0 Å². The van der Waals surface area contributed by atoms with Crippen LogP contribution in [-0.4, -0.2) is 12.0 Å². The Balaban J connectivity index is 3.87. The Morgan fingerprint density at radius 1 is 1.62 bits per heavy atom. The lowest BCUT2D eigenvalue weighted by Gasteiger charge is -2.06. The molecule has 0 aromatic carbocycles. The van der Waals surface area contributed by atoms with Gasteiger partial charge in [-0.25, -0.2) is 6.57 Å². The molecule has 0 N–H and O–H groups in total. The topological polar surface area (TPSA) is 4.36 Å². The Morgan fingerprint density at radius 2 is 2.00 bits per heavy atom. The molecule has 0 rings (SSSR count). The second-order valence-electron chi connectivity index (χ2n) is 1.76. The SMILES string of the molecule is [C-]#[N+]C(C)C(C)(F)F. The van der Waals surface area contributed by atoms with E-state index in [4.69, 9.17) is 6.57 Å². The molecule has 0 saturated heterocycles. The van der Waals surface area contributed by atoms with Gasteiger partial charge < -0.3 is 4.85 Å². The zero-order chi connectivity index (χ0) is 6.78. The van der Waals surface area contributed by atoms with Crippen LogP contribution in [0.2, 0.25) is 0 Å². The molecule has 0 fully saturated rings. The van der Waals surface area contributed by atoms with Crippen LogP contribution in [0, 0.1) is 6.57 Å². The summed E-state index contributed by atoms with van der Waals surface area (Å²) in [5, 5.41) is 0. The lowest BCUT2D eigenvalue weighted by molar-refractivity contribution is 0.0119. The highest BCUT2D eigenvalue weighted by Gasteiger charge is 2.35. The van der Waals surface area contributed by atoms with Gasteiger partial charge in [-0.3, -0.25) is 0 Å². The van der Waals surface area contributed by atoms with E-state index in [1.807, 2.05) is 0 Å². The van der Waals surface area contributed by atoms with Crippen LogP contribution in [-0.2, 0) is 0 Å². The van der Waals surface area contributed by atoms with Crippen molar-refractivity contribution in [2.45, 2.75) is 25.8 Å². The molecule has 3 heteroatoms. The second-order valence-corrected chi connectivity index (χ2v) is 1.76. The number of nitrogens with zero attached hydrogens (tertiary/aromatic N) is 1. The molecule has 0 aromatic heterocycles. The van der Waals surface area contributed by atoms with Crippen molar-refractivity contribution in [3.05, 3.63) is 11.4 Å². The first-order chi connectivity index (χ1) is 3.48. The van der Waals surface area contributed by atoms with E-state index in [2.05, 4.69) is 4.85 Å². The first-order valence-electron chi connectivity index (χ1n) is 2.23. The summed E-state index contributed by atoms with van der Waals surface area (Å²) in [4.78, 5) is 2.66. The van der Waals surface area contributed by atoms with E-state index in [1.165, 1.54) is 6.92 Å². The number of hydrogen-bond acceptors (Lipinski definition) is 0. The minimum Gasteiger partial charge on any atom is -0.307 e. The first kappa shape index (κ1) is 7.35.